The summed E-state index contributed by atoms with van der Waals surface area (Å²) in [4.78, 5) is 16.3. The molecule has 4 N–H and O–H groups in total. The maximum absolute atomic E-state index is 12.2. The molecule has 1 aromatic rings. The van der Waals surface area contributed by atoms with E-state index < -0.39 is 0 Å². The molecule has 1 saturated carbocycles. The second kappa shape index (κ2) is 6.52. The molecule has 1 amide bonds. The van der Waals surface area contributed by atoms with Gasteiger partial charge in [0.25, 0.3) is 0 Å². The van der Waals surface area contributed by atoms with Gasteiger partial charge in [-0.1, -0.05) is 0 Å². The minimum atomic E-state index is 0.115. The minimum Gasteiger partial charge on any atom is -0.373 e. The first kappa shape index (κ1) is 13.8. The van der Waals surface area contributed by atoms with Crippen molar-refractivity contribution >= 4 is 17.4 Å². The van der Waals surface area contributed by atoms with Crippen molar-refractivity contribution in [1.29, 1.82) is 0 Å². The summed E-state index contributed by atoms with van der Waals surface area (Å²) in [5.74, 6) is 1.59. The zero-order chi connectivity index (χ0) is 13.7. The van der Waals surface area contributed by atoms with Crippen molar-refractivity contribution in [2.24, 2.45) is 17.6 Å². The summed E-state index contributed by atoms with van der Waals surface area (Å²) in [6.45, 7) is 0.740. The largest absolute Gasteiger partial charge is 0.373 e. The summed E-state index contributed by atoms with van der Waals surface area (Å²) in [5, 5.41) is 5.93. The zero-order valence-corrected chi connectivity index (χ0v) is 11.4. The van der Waals surface area contributed by atoms with E-state index in [1.807, 2.05) is 19.2 Å². The lowest BCUT2D eigenvalue weighted by molar-refractivity contribution is -0.121. The van der Waals surface area contributed by atoms with Crippen LogP contribution in [0.3, 0.4) is 0 Å². The Morgan fingerprint density at radius 2 is 2.16 bits per heavy atom. The molecule has 19 heavy (non-hydrogen) atoms. The number of carbonyl (C=O) groups is 1. The number of rotatable bonds is 4. The summed E-state index contributed by atoms with van der Waals surface area (Å²) in [7, 11) is 1.81. The molecule has 0 atom stereocenters. The number of pyridine rings is 1. The summed E-state index contributed by atoms with van der Waals surface area (Å²) in [5.41, 5.74) is 6.46. The third-order valence-corrected chi connectivity index (χ3v) is 3.83. The highest BCUT2D eigenvalue weighted by molar-refractivity contribution is 5.92. The van der Waals surface area contributed by atoms with E-state index in [0.29, 0.717) is 5.92 Å². The summed E-state index contributed by atoms with van der Waals surface area (Å²) < 4.78 is 0. The highest BCUT2D eigenvalue weighted by Crippen LogP contribution is 2.29. The SMILES string of the molecule is CNc1cc(NC(=O)C2CCC(CN)CC2)ccn1. The first-order valence-corrected chi connectivity index (χ1v) is 6.87. The monoisotopic (exact) mass is 262 g/mol. The van der Waals surface area contributed by atoms with Crippen molar-refractivity contribution in [2.45, 2.75) is 25.7 Å². The molecule has 0 aliphatic heterocycles. The molecule has 1 aliphatic rings. The third kappa shape index (κ3) is 3.67. The predicted molar refractivity (Wildman–Crippen MR) is 76.9 cm³/mol. The lowest BCUT2D eigenvalue weighted by atomic mass is 9.81. The van der Waals surface area contributed by atoms with Crippen LogP contribution in [0.1, 0.15) is 25.7 Å². The highest BCUT2D eigenvalue weighted by atomic mass is 16.1. The van der Waals surface area contributed by atoms with Crippen LogP contribution in [0.15, 0.2) is 18.3 Å². The molecule has 104 valence electrons. The molecule has 5 heteroatoms. The normalized spacial score (nSPS) is 22.8. The first-order chi connectivity index (χ1) is 9.22. The zero-order valence-electron chi connectivity index (χ0n) is 11.4. The van der Waals surface area contributed by atoms with Gasteiger partial charge in [-0.05, 0) is 44.2 Å². The Bertz CT molecular complexity index is 427. The van der Waals surface area contributed by atoms with E-state index in [-0.39, 0.29) is 11.8 Å². The molecule has 0 spiro atoms. The molecule has 2 rings (SSSR count). The average molecular weight is 262 g/mol. The molecule has 1 aliphatic carbocycles. The molecular weight excluding hydrogens is 240 g/mol. The van der Waals surface area contributed by atoms with E-state index in [1.165, 1.54) is 0 Å². The number of carbonyl (C=O) groups excluding carboxylic acids is 1. The van der Waals surface area contributed by atoms with E-state index in [4.69, 9.17) is 5.73 Å². The van der Waals surface area contributed by atoms with E-state index in [9.17, 15) is 4.79 Å². The van der Waals surface area contributed by atoms with Gasteiger partial charge in [0, 0.05) is 30.9 Å². The summed E-state index contributed by atoms with van der Waals surface area (Å²) in [6.07, 6.45) is 5.70. The molecule has 1 heterocycles. The molecule has 5 nitrogen and oxygen atoms in total. The number of nitrogens with two attached hydrogens (primary N) is 1. The van der Waals surface area contributed by atoms with Gasteiger partial charge in [0.2, 0.25) is 5.91 Å². The minimum absolute atomic E-state index is 0.115. The van der Waals surface area contributed by atoms with Gasteiger partial charge in [-0.3, -0.25) is 4.79 Å². The highest BCUT2D eigenvalue weighted by Gasteiger charge is 2.25. The number of amides is 1. The van der Waals surface area contributed by atoms with Crippen molar-refractivity contribution in [3.8, 4) is 0 Å². The fourth-order valence-electron chi connectivity index (χ4n) is 2.55. The van der Waals surface area contributed by atoms with Crippen molar-refractivity contribution in [3.63, 3.8) is 0 Å². The molecule has 0 bridgehead atoms. The topological polar surface area (TPSA) is 80.0 Å². The number of anilines is 2. The Morgan fingerprint density at radius 1 is 1.42 bits per heavy atom. The van der Waals surface area contributed by atoms with Gasteiger partial charge in [0.05, 0.1) is 0 Å². The van der Waals surface area contributed by atoms with Crippen LogP contribution in [0.25, 0.3) is 0 Å². The van der Waals surface area contributed by atoms with Gasteiger partial charge in [0.15, 0.2) is 0 Å². The molecule has 0 saturated heterocycles. The number of nitrogens with zero attached hydrogens (tertiary/aromatic N) is 1. The maximum Gasteiger partial charge on any atom is 0.227 e. The second-order valence-electron chi connectivity index (χ2n) is 5.12. The van der Waals surface area contributed by atoms with Crippen LogP contribution in [-0.2, 0) is 4.79 Å². The van der Waals surface area contributed by atoms with Crippen molar-refractivity contribution in [3.05, 3.63) is 18.3 Å². The summed E-state index contributed by atoms with van der Waals surface area (Å²) >= 11 is 0. The summed E-state index contributed by atoms with van der Waals surface area (Å²) in [6, 6.07) is 3.65. The standard InChI is InChI=1S/C14H22N4O/c1-16-13-8-12(6-7-17-13)18-14(19)11-4-2-10(9-15)3-5-11/h6-8,10-11H,2-5,9,15H2,1H3,(H2,16,17,18,19). The van der Waals surface area contributed by atoms with Gasteiger partial charge in [-0.25, -0.2) is 4.98 Å². The van der Waals surface area contributed by atoms with Gasteiger partial charge < -0.3 is 16.4 Å². The number of nitrogens with one attached hydrogen (secondary N) is 2. The Kier molecular flexibility index (Phi) is 4.74. The Labute approximate surface area is 114 Å². The van der Waals surface area contributed by atoms with E-state index >= 15 is 0 Å². The third-order valence-electron chi connectivity index (χ3n) is 3.83. The first-order valence-electron chi connectivity index (χ1n) is 6.87. The molecular formula is C14H22N4O. The fraction of sp³-hybridized carbons (Fsp3) is 0.571. The molecule has 0 unspecified atom stereocenters. The number of hydrogen-bond acceptors (Lipinski definition) is 4. The van der Waals surface area contributed by atoms with Crippen LogP contribution in [0, 0.1) is 11.8 Å². The van der Waals surface area contributed by atoms with Crippen LogP contribution in [0.2, 0.25) is 0 Å². The van der Waals surface area contributed by atoms with Crippen LogP contribution in [0.5, 0.6) is 0 Å². The van der Waals surface area contributed by atoms with Gasteiger partial charge >= 0.3 is 0 Å². The Balaban J connectivity index is 1.90. The average Bonchev–Trinajstić information content (AvgIpc) is 2.47. The molecule has 0 radical (unpaired) electrons. The van der Waals surface area contributed by atoms with Crippen molar-refractivity contribution in [1.82, 2.24) is 4.98 Å². The molecule has 1 fully saturated rings. The number of hydrogen-bond donors (Lipinski definition) is 3. The van der Waals surface area contributed by atoms with E-state index in [1.54, 1.807) is 6.20 Å². The van der Waals surface area contributed by atoms with E-state index in [2.05, 4.69) is 15.6 Å². The number of aromatic nitrogens is 1. The molecule has 0 aromatic carbocycles. The fourth-order valence-corrected chi connectivity index (χ4v) is 2.55. The smallest absolute Gasteiger partial charge is 0.227 e. The van der Waals surface area contributed by atoms with E-state index in [0.717, 1.165) is 43.7 Å². The van der Waals surface area contributed by atoms with Gasteiger partial charge in [-0.15, -0.1) is 0 Å². The van der Waals surface area contributed by atoms with Crippen LogP contribution < -0.4 is 16.4 Å². The van der Waals surface area contributed by atoms with Crippen molar-refractivity contribution < 1.29 is 4.79 Å². The Hall–Kier alpha value is -1.62. The van der Waals surface area contributed by atoms with Gasteiger partial charge in [-0.2, -0.15) is 0 Å². The van der Waals surface area contributed by atoms with Gasteiger partial charge in [0.1, 0.15) is 5.82 Å². The van der Waals surface area contributed by atoms with Crippen LogP contribution in [-0.4, -0.2) is 24.5 Å². The quantitative estimate of drug-likeness (QED) is 0.773. The second-order valence-corrected chi connectivity index (χ2v) is 5.12. The van der Waals surface area contributed by atoms with Crippen LogP contribution >= 0.6 is 0 Å². The maximum atomic E-state index is 12.2. The lowest BCUT2D eigenvalue weighted by Gasteiger charge is -2.26. The predicted octanol–water partition coefficient (Wildman–Crippen LogP) is 1.83. The van der Waals surface area contributed by atoms with Crippen molar-refractivity contribution in [2.75, 3.05) is 24.2 Å². The lowest BCUT2D eigenvalue weighted by Crippen LogP contribution is -2.29. The van der Waals surface area contributed by atoms with Crippen LogP contribution in [0.4, 0.5) is 11.5 Å². The Morgan fingerprint density at radius 3 is 2.79 bits per heavy atom. The molecule has 1 aromatic heterocycles.